The average Bonchev–Trinajstić information content (AvgIpc) is 3.50. The van der Waals surface area contributed by atoms with E-state index in [-0.39, 0.29) is 5.56 Å². The zero-order valence-corrected chi connectivity index (χ0v) is 19.0. The van der Waals surface area contributed by atoms with E-state index >= 15 is 0 Å². The number of fused-ring (bicyclic) bond motifs is 1. The van der Waals surface area contributed by atoms with Crippen LogP contribution in [0.15, 0.2) is 58.5 Å². The van der Waals surface area contributed by atoms with Crippen LogP contribution in [0.2, 0.25) is 0 Å². The van der Waals surface area contributed by atoms with Crippen molar-refractivity contribution in [2.75, 3.05) is 6.73 Å². The molecule has 0 saturated heterocycles. The molecule has 0 spiro atoms. The van der Waals surface area contributed by atoms with Crippen LogP contribution in [-0.2, 0) is 24.7 Å². The van der Waals surface area contributed by atoms with E-state index in [9.17, 15) is 4.79 Å². The summed E-state index contributed by atoms with van der Waals surface area (Å²) in [7, 11) is 1.76. The van der Waals surface area contributed by atoms with E-state index in [2.05, 4.69) is 57.8 Å². The first kappa shape index (κ1) is 20.9. The monoisotopic (exact) mass is 442 g/mol. The SMILES string of the molecule is CCCc1c(Cc2ccc(-c3ccccc3C3=NOCN3)cc2)c(=O)n(C)c2nc(C)nn12. The molecule has 0 unspecified atom stereocenters. The van der Waals surface area contributed by atoms with Gasteiger partial charge >= 0.3 is 0 Å². The molecule has 8 nitrogen and oxygen atoms in total. The number of nitrogens with zero attached hydrogens (tertiary/aromatic N) is 5. The molecular weight excluding hydrogens is 416 g/mol. The third-order valence-electron chi connectivity index (χ3n) is 5.94. The number of aryl methyl sites for hydroxylation is 3. The van der Waals surface area contributed by atoms with Gasteiger partial charge in [0.05, 0.1) is 5.69 Å². The van der Waals surface area contributed by atoms with Crippen LogP contribution < -0.4 is 10.9 Å². The summed E-state index contributed by atoms with van der Waals surface area (Å²) in [5.74, 6) is 1.98. The van der Waals surface area contributed by atoms with Crippen LogP contribution in [0.25, 0.3) is 16.9 Å². The highest BCUT2D eigenvalue weighted by Gasteiger charge is 2.18. The maximum absolute atomic E-state index is 13.2. The number of aromatic nitrogens is 4. The lowest BCUT2D eigenvalue weighted by Crippen LogP contribution is -2.27. The Balaban J connectivity index is 1.52. The van der Waals surface area contributed by atoms with Gasteiger partial charge in [0, 0.05) is 24.6 Å². The van der Waals surface area contributed by atoms with Gasteiger partial charge in [0.2, 0.25) is 5.78 Å². The second-order valence-corrected chi connectivity index (χ2v) is 8.22. The van der Waals surface area contributed by atoms with Gasteiger partial charge in [-0.1, -0.05) is 67.0 Å². The van der Waals surface area contributed by atoms with Crippen LogP contribution in [-0.4, -0.2) is 31.7 Å². The molecule has 0 bridgehead atoms. The fourth-order valence-corrected chi connectivity index (χ4v) is 4.34. The Morgan fingerprint density at radius 2 is 1.85 bits per heavy atom. The molecule has 5 rings (SSSR count). The minimum Gasteiger partial charge on any atom is -0.372 e. The van der Waals surface area contributed by atoms with Gasteiger partial charge in [-0.25, -0.2) is 4.52 Å². The number of rotatable bonds is 6. The minimum atomic E-state index is -0.0157. The van der Waals surface area contributed by atoms with Crippen molar-refractivity contribution in [2.45, 2.75) is 33.1 Å². The summed E-state index contributed by atoms with van der Waals surface area (Å²) < 4.78 is 3.42. The third-order valence-corrected chi connectivity index (χ3v) is 5.94. The minimum absolute atomic E-state index is 0.0157. The molecule has 3 heterocycles. The van der Waals surface area contributed by atoms with Crippen molar-refractivity contribution in [3.05, 3.63) is 87.1 Å². The molecule has 2 aromatic heterocycles. The van der Waals surface area contributed by atoms with Gasteiger partial charge < -0.3 is 10.2 Å². The molecule has 0 saturated carbocycles. The maximum Gasteiger partial charge on any atom is 0.258 e. The van der Waals surface area contributed by atoms with Crippen LogP contribution in [0.3, 0.4) is 0 Å². The Labute approximate surface area is 191 Å². The Kier molecular flexibility index (Phi) is 5.42. The Bertz CT molecular complexity index is 1420. The van der Waals surface area contributed by atoms with Gasteiger partial charge in [-0.2, -0.15) is 10.1 Å². The quantitative estimate of drug-likeness (QED) is 0.496. The Hall–Kier alpha value is -3.94. The van der Waals surface area contributed by atoms with E-state index in [1.165, 1.54) is 0 Å². The third kappa shape index (κ3) is 3.77. The number of nitrogens with one attached hydrogen (secondary N) is 1. The molecule has 33 heavy (non-hydrogen) atoms. The van der Waals surface area contributed by atoms with E-state index in [0.717, 1.165) is 52.2 Å². The van der Waals surface area contributed by atoms with E-state index in [0.29, 0.717) is 24.8 Å². The van der Waals surface area contributed by atoms with Crippen LogP contribution in [0, 0.1) is 6.92 Å². The molecule has 0 aliphatic carbocycles. The first-order valence-corrected chi connectivity index (χ1v) is 11.1. The second kappa shape index (κ2) is 8.54. The van der Waals surface area contributed by atoms with Gasteiger partial charge in [0.15, 0.2) is 12.6 Å². The number of benzene rings is 2. The van der Waals surface area contributed by atoms with Crippen LogP contribution in [0.4, 0.5) is 0 Å². The lowest BCUT2D eigenvalue weighted by molar-refractivity contribution is 0.164. The molecule has 1 aliphatic heterocycles. The average molecular weight is 443 g/mol. The summed E-state index contributed by atoms with van der Waals surface area (Å²) >= 11 is 0. The summed E-state index contributed by atoms with van der Waals surface area (Å²) in [5, 5.41) is 11.8. The van der Waals surface area contributed by atoms with Crippen molar-refractivity contribution in [3.8, 4) is 11.1 Å². The largest absolute Gasteiger partial charge is 0.372 e. The van der Waals surface area contributed by atoms with Crippen LogP contribution in [0.1, 0.15) is 41.6 Å². The van der Waals surface area contributed by atoms with E-state index in [1.54, 1.807) is 11.6 Å². The molecule has 0 amide bonds. The first-order chi connectivity index (χ1) is 16.1. The van der Waals surface area contributed by atoms with Gasteiger partial charge in [0.25, 0.3) is 5.56 Å². The van der Waals surface area contributed by atoms with Gasteiger partial charge in [-0.3, -0.25) is 9.36 Å². The van der Waals surface area contributed by atoms with Crippen molar-refractivity contribution in [1.82, 2.24) is 24.5 Å². The van der Waals surface area contributed by atoms with E-state index < -0.39 is 0 Å². The summed E-state index contributed by atoms with van der Waals surface area (Å²) in [5.41, 5.74) is 5.91. The highest BCUT2D eigenvalue weighted by atomic mass is 16.6. The number of hydrogen-bond acceptors (Lipinski definition) is 6. The molecule has 0 radical (unpaired) electrons. The van der Waals surface area contributed by atoms with Crippen LogP contribution in [0.5, 0.6) is 0 Å². The number of oxime groups is 1. The molecule has 2 aromatic carbocycles. The van der Waals surface area contributed by atoms with Crippen molar-refractivity contribution >= 4 is 11.6 Å². The fourth-order valence-electron chi connectivity index (χ4n) is 4.34. The highest BCUT2D eigenvalue weighted by Crippen LogP contribution is 2.26. The molecule has 168 valence electrons. The molecule has 0 atom stereocenters. The lowest BCUT2D eigenvalue weighted by Gasteiger charge is -2.13. The summed E-state index contributed by atoms with van der Waals surface area (Å²) in [6, 6.07) is 16.4. The normalized spacial score (nSPS) is 13.1. The number of amidine groups is 1. The summed E-state index contributed by atoms with van der Waals surface area (Å²) in [6.45, 7) is 4.34. The maximum atomic E-state index is 13.2. The molecule has 0 fully saturated rings. The highest BCUT2D eigenvalue weighted by molar-refractivity contribution is 6.04. The molecule has 1 aliphatic rings. The van der Waals surface area contributed by atoms with Crippen molar-refractivity contribution in [3.63, 3.8) is 0 Å². The Morgan fingerprint density at radius 1 is 1.09 bits per heavy atom. The van der Waals surface area contributed by atoms with Gasteiger partial charge in [-0.05, 0) is 30.0 Å². The molecule has 4 aromatic rings. The van der Waals surface area contributed by atoms with E-state index in [1.807, 2.05) is 29.6 Å². The Morgan fingerprint density at radius 3 is 2.55 bits per heavy atom. The van der Waals surface area contributed by atoms with E-state index in [4.69, 9.17) is 4.84 Å². The smallest absolute Gasteiger partial charge is 0.258 e. The standard InChI is InChI=1S/C25H26N6O2/c1-4-7-22-21(24(32)30(3)25-27-16(2)28-31(22)25)14-17-10-12-18(13-11-17)19-8-5-6-9-20(19)23-26-15-33-29-23/h5-6,8-13H,4,7,14-15H2,1-3H3,(H,26,29). The predicted molar refractivity (Wildman–Crippen MR) is 127 cm³/mol. The van der Waals surface area contributed by atoms with Gasteiger partial charge in [0.1, 0.15) is 5.82 Å². The first-order valence-electron chi connectivity index (χ1n) is 11.1. The predicted octanol–water partition coefficient (Wildman–Crippen LogP) is 3.19. The van der Waals surface area contributed by atoms with Gasteiger partial charge in [-0.15, -0.1) is 0 Å². The zero-order chi connectivity index (χ0) is 22.9. The molecular formula is C25H26N6O2. The second-order valence-electron chi connectivity index (χ2n) is 8.22. The fraction of sp³-hybridized carbons (Fsp3) is 0.280. The molecule has 8 heteroatoms. The molecule has 1 N–H and O–H groups in total. The zero-order valence-electron chi connectivity index (χ0n) is 19.0. The van der Waals surface area contributed by atoms with Crippen molar-refractivity contribution in [1.29, 1.82) is 0 Å². The van der Waals surface area contributed by atoms with Crippen molar-refractivity contribution < 1.29 is 4.84 Å². The lowest BCUT2D eigenvalue weighted by atomic mass is 9.96. The topological polar surface area (TPSA) is 85.8 Å². The summed E-state index contributed by atoms with van der Waals surface area (Å²) in [6.07, 6.45) is 2.24. The number of hydrogen-bond donors (Lipinski definition) is 1. The van der Waals surface area contributed by atoms with Crippen LogP contribution >= 0.6 is 0 Å². The van der Waals surface area contributed by atoms with Crippen molar-refractivity contribution in [2.24, 2.45) is 12.2 Å². The summed E-state index contributed by atoms with van der Waals surface area (Å²) in [4.78, 5) is 22.8.